The second-order valence-electron chi connectivity index (χ2n) is 6.56. The van der Waals surface area contributed by atoms with Crippen molar-refractivity contribution in [3.8, 4) is 0 Å². The van der Waals surface area contributed by atoms with Gasteiger partial charge in [-0.25, -0.2) is 13.1 Å². The van der Waals surface area contributed by atoms with E-state index in [1.807, 2.05) is 6.92 Å². The molecule has 26 heavy (non-hydrogen) atoms. The van der Waals surface area contributed by atoms with Crippen molar-refractivity contribution in [2.75, 3.05) is 13.1 Å². The van der Waals surface area contributed by atoms with Gasteiger partial charge in [0.25, 0.3) is 5.69 Å². The molecule has 1 fully saturated rings. The standard InChI is InChI=1S/C16H23N3O6S/c1-4-18(9-16(20)21)13-7-12(8-13)17-26(24,25)15-6-10(2)14(19(22)23)5-11(15)3/h5-6,12-13,17H,4,7-9H2,1-3H3,(H,20,21). The van der Waals surface area contributed by atoms with E-state index in [1.54, 1.807) is 4.90 Å². The van der Waals surface area contributed by atoms with E-state index in [0.29, 0.717) is 24.9 Å². The molecule has 0 heterocycles. The molecular weight excluding hydrogens is 362 g/mol. The van der Waals surface area contributed by atoms with Crippen LogP contribution >= 0.6 is 0 Å². The van der Waals surface area contributed by atoms with Crippen LogP contribution in [0.4, 0.5) is 5.69 Å². The summed E-state index contributed by atoms with van der Waals surface area (Å²) in [6.45, 7) is 5.40. The first kappa shape index (κ1) is 20.3. The molecule has 0 unspecified atom stereocenters. The zero-order chi connectivity index (χ0) is 19.6. The fourth-order valence-corrected chi connectivity index (χ4v) is 4.77. The van der Waals surface area contributed by atoms with Crippen molar-refractivity contribution in [1.29, 1.82) is 0 Å². The molecule has 144 valence electrons. The zero-order valence-corrected chi connectivity index (χ0v) is 15.7. The first-order chi connectivity index (χ1) is 12.0. The van der Waals surface area contributed by atoms with Crippen molar-refractivity contribution in [2.24, 2.45) is 0 Å². The van der Waals surface area contributed by atoms with Crippen molar-refractivity contribution >= 4 is 21.7 Å². The number of nitro groups is 1. The summed E-state index contributed by atoms with van der Waals surface area (Å²) >= 11 is 0. The number of carboxylic acid groups (broad SMARTS) is 1. The normalized spacial score (nSPS) is 20.0. The first-order valence-electron chi connectivity index (χ1n) is 8.29. The van der Waals surface area contributed by atoms with Gasteiger partial charge in [0.1, 0.15) is 0 Å². The Bertz CT molecular complexity index is 818. The van der Waals surface area contributed by atoms with Gasteiger partial charge in [-0.15, -0.1) is 0 Å². The number of aryl methyl sites for hydroxylation is 2. The molecule has 2 N–H and O–H groups in total. The summed E-state index contributed by atoms with van der Waals surface area (Å²) in [5.41, 5.74) is 0.482. The molecule has 10 heteroatoms. The number of likely N-dealkylation sites (N-methyl/N-ethyl adjacent to an activating group) is 1. The number of hydrogen-bond donors (Lipinski definition) is 2. The number of hydrogen-bond acceptors (Lipinski definition) is 6. The fourth-order valence-electron chi connectivity index (χ4n) is 3.20. The summed E-state index contributed by atoms with van der Waals surface area (Å²) in [4.78, 5) is 23.1. The van der Waals surface area contributed by atoms with E-state index in [-0.39, 0.29) is 34.8 Å². The molecule has 1 aliphatic rings. The minimum Gasteiger partial charge on any atom is -0.480 e. The van der Waals surface area contributed by atoms with E-state index >= 15 is 0 Å². The summed E-state index contributed by atoms with van der Waals surface area (Å²) in [6, 6.07) is 2.33. The molecule has 0 radical (unpaired) electrons. The second kappa shape index (κ2) is 7.68. The van der Waals surface area contributed by atoms with Crippen LogP contribution in [0, 0.1) is 24.0 Å². The smallest absolute Gasteiger partial charge is 0.317 e. The Balaban J connectivity index is 2.08. The SMILES string of the molecule is CCN(CC(=O)O)C1CC(NS(=O)(=O)c2cc(C)c([N+](=O)[O-])cc2C)C1. The van der Waals surface area contributed by atoms with Crippen LogP contribution in [-0.4, -0.2) is 54.5 Å². The highest BCUT2D eigenvalue weighted by Crippen LogP contribution is 2.29. The van der Waals surface area contributed by atoms with Gasteiger partial charge in [-0.05, 0) is 44.9 Å². The highest BCUT2D eigenvalue weighted by Gasteiger charge is 2.36. The van der Waals surface area contributed by atoms with Crippen LogP contribution in [0.25, 0.3) is 0 Å². The maximum atomic E-state index is 12.6. The zero-order valence-electron chi connectivity index (χ0n) is 14.9. The number of nitrogens with zero attached hydrogens (tertiary/aromatic N) is 2. The van der Waals surface area contributed by atoms with Gasteiger partial charge in [0.2, 0.25) is 10.0 Å². The van der Waals surface area contributed by atoms with Crippen molar-refractivity contribution in [3.05, 3.63) is 33.4 Å². The van der Waals surface area contributed by atoms with Crippen LogP contribution in [0.5, 0.6) is 0 Å². The van der Waals surface area contributed by atoms with Gasteiger partial charge in [0.05, 0.1) is 16.4 Å². The Morgan fingerprint density at radius 1 is 1.35 bits per heavy atom. The summed E-state index contributed by atoms with van der Waals surface area (Å²) in [5, 5.41) is 19.9. The molecule has 0 spiro atoms. The van der Waals surface area contributed by atoms with Crippen molar-refractivity contribution in [2.45, 2.75) is 50.6 Å². The molecule has 0 atom stereocenters. The molecular formula is C16H23N3O6S. The van der Waals surface area contributed by atoms with Crippen molar-refractivity contribution < 1.29 is 23.2 Å². The van der Waals surface area contributed by atoms with Crippen LogP contribution in [0.15, 0.2) is 17.0 Å². The lowest BCUT2D eigenvalue weighted by molar-refractivity contribution is -0.385. The van der Waals surface area contributed by atoms with Gasteiger partial charge in [-0.1, -0.05) is 6.92 Å². The number of rotatable bonds is 8. The van der Waals surface area contributed by atoms with E-state index in [4.69, 9.17) is 5.11 Å². The van der Waals surface area contributed by atoms with Gasteiger partial charge in [0.15, 0.2) is 0 Å². The highest BCUT2D eigenvalue weighted by atomic mass is 32.2. The monoisotopic (exact) mass is 385 g/mol. The first-order valence-corrected chi connectivity index (χ1v) is 9.77. The molecule has 0 amide bonds. The third-order valence-electron chi connectivity index (χ3n) is 4.68. The molecule has 0 bridgehead atoms. The summed E-state index contributed by atoms with van der Waals surface area (Å²) in [7, 11) is -3.80. The average molecular weight is 385 g/mol. The van der Waals surface area contributed by atoms with Crippen molar-refractivity contribution in [3.63, 3.8) is 0 Å². The number of nitrogens with one attached hydrogen (secondary N) is 1. The Kier molecular flexibility index (Phi) is 5.99. The van der Waals surface area contributed by atoms with Crippen LogP contribution in [0.2, 0.25) is 0 Å². The maximum Gasteiger partial charge on any atom is 0.317 e. The highest BCUT2D eigenvalue weighted by molar-refractivity contribution is 7.89. The van der Waals surface area contributed by atoms with E-state index in [0.717, 1.165) is 0 Å². The van der Waals surface area contributed by atoms with Gasteiger partial charge in [-0.3, -0.25) is 19.8 Å². The van der Waals surface area contributed by atoms with Gasteiger partial charge < -0.3 is 5.11 Å². The fraction of sp³-hybridized carbons (Fsp3) is 0.562. The molecule has 1 aromatic rings. The summed E-state index contributed by atoms with van der Waals surface area (Å²) in [6.07, 6.45) is 1.07. The Labute approximate surface area is 152 Å². The largest absolute Gasteiger partial charge is 0.480 e. The third-order valence-corrected chi connectivity index (χ3v) is 6.34. The number of carbonyl (C=O) groups is 1. The van der Waals surface area contributed by atoms with Crippen LogP contribution in [0.1, 0.15) is 30.9 Å². The topological polar surface area (TPSA) is 130 Å². The number of aliphatic carboxylic acids is 1. The second-order valence-corrected chi connectivity index (χ2v) is 8.24. The minimum absolute atomic E-state index is 0.0296. The molecule has 2 rings (SSSR count). The van der Waals surface area contributed by atoms with Crippen LogP contribution in [0.3, 0.4) is 0 Å². The van der Waals surface area contributed by atoms with Gasteiger partial charge in [-0.2, -0.15) is 0 Å². The summed E-state index contributed by atoms with van der Waals surface area (Å²) in [5.74, 6) is -0.909. The predicted molar refractivity (Wildman–Crippen MR) is 94.6 cm³/mol. The molecule has 0 aromatic heterocycles. The molecule has 0 saturated heterocycles. The molecule has 1 aliphatic carbocycles. The maximum absolute atomic E-state index is 12.6. The predicted octanol–water partition coefficient (Wildman–Crippen LogP) is 1.43. The Morgan fingerprint density at radius 3 is 2.46 bits per heavy atom. The van der Waals surface area contributed by atoms with E-state index in [9.17, 15) is 23.3 Å². The average Bonchev–Trinajstić information content (AvgIpc) is 2.49. The van der Waals surface area contributed by atoms with E-state index in [2.05, 4.69) is 4.72 Å². The van der Waals surface area contributed by atoms with Gasteiger partial charge >= 0.3 is 5.97 Å². The molecule has 0 aliphatic heterocycles. The number of nitro benzene ring substituents is 1. The third kappa shape index (κ3) is 4.37. The number of sulfonamides is 1. The molecule has 9 nitrogen and oxygen atoms in total. The number of benzene rings is 1. The minimum atomic E-state index is -3.80. The lowest BCUT2D eigenvalue weighted by Crippen LogP contribution is -2.54. The van der Waals surface area contributed by atoms with E-state index in [1.165, 1.54) is 26.0 Å². The van der Waals surface area contributed by atoms with Crippen LogP contribution < -0.4 is 4.72 Å². The number of carboxylic acids is 1. The lowest BCUT2D eigenvalue weighted by Gasteiger charge is -2.42. The lowest BCUT2D eigenvalue weighted by atomic mass is 9.86. The molecule has 1 aromatic carbocycles. The van der Waals surface area contributed by atoms with Crippen LogP contribution in [-0.2, 0) is 14.8 Å². The van der Waals surface area contributed by atoms with Gasteiger partial charge in [0, 0.05) is 23.7 Å². The Morgan fingerprint density at radius 2 is 1.96 bits per heavy atom. The van der Waals surface area contributed by atoms with Crippen molar-refractivity contribution in [1.82, 2.24) is 9.62 Å². The van der Waals surface area contributed by atoms with E-state index < -0.39 is 20.9 Å². The Hall–Kier alpha value is -2.04. The summed E-state index contributed by atoms with van der Waals surface area (Å²) < 4.78 is 27.9. The molecule has 1 saturated carbocycles. The quantitative estimate of drug-likeness (QED) is 0.511.